The quantitative estimate of drug-likeness (QED) is 0.318. The predicted octanol–water partition coefficient (Wildman–Crippen LogP) is -0.748. The fourth-order valence-corrected chi connectivity index (χ4v) is 0.881. The molecule has 0 aromatic heterocycles. The SMILES string of the molecule is CC(=O)O.O=[N+]([O-])c1[c-]ccc(Br)c1.[Na+]. The number of carbonyl (C=O) groups is 1. The summed E-state index contributed by atoms with van der Waals surface area (Å²) < 4.78 is 0.693. The smallest absolute Gasteiger partial charge is 0.481 e. The summed E-state index contributed by atoms with van der Waals surface area (Å²) in [5.41, 5.74) is -0.0191. The van der Waals surface area contributed by atoms with Crippen LogP contribution in [0.25, 0.3) is 0 Å². The van der Waals surface area contributed by atoms with Gasteiger partial charge in [0.1, 0.15) is 0 Å². The van der Waals surface area contributed by atoms with Crippen LogP contribution in [0.5, 0.6) is 0 Å². The largest absolute Gasteiger partial charge is 1.00 e. The maximum atomic E-state index is 10.1. The summed E-state index contributed by atoms with van der Waals surface area (Å²) in [5, 5.41) is 17.5. The molecule has 0 bridgehead atoms. The fraction of sp³-hybridized carbons (Fsp3) is 0.125. The van der Waals surface area contributed by atoms with Gasteiger partial charge in [0.05, 0.1) is 0 Å². The Kier molecular flexibility index (Phi) is 10.0. The van der Waals surface area contributed by atoms with E-state index in [9.17, 15) is 10.1 Å². The molecule has 0 atom stereocenters. The molecule has 0 spiro atoms. The predicted molar refractivity (Wildman–Crippen MR) is 52.9 cm³/mol. The summed E-state index contributed by atoms with van der Waals surface area (Å²) in [6, 6.07) is 7.07. The number of hydrogen-bond donors (Lipinski definition) is 1. The minimum atomic E-state index is -0.833. The van der Waals surface area contributed by atoms with Gasteiger partial charge in [-0.3, -0.25) is 14.9 Å². The van der Waals surface area contributed by atoms with Crippen molar-refractivity contribution in [1.29, 1.82) is 0 Å². The Bertz CT molecular complexity index is 341. The van der Waals surface area contributed by atoms with Crippen molar-refractivity contribution in [2.24, 2.45) is 0 Å². The Balaban J connectivity index is 0. The van der Waals surface area contributed by atoms with Crippen molar-refractivity contribution in [1.82, 2.24) is 0 Å². The van der Waals surface area contributed by atoms with Crippen LogP contribution in [0, 0.1) is 16.2 Å². The van der Waals surface area contributed by atoms with Crippen molar-refractivity contribution in [2.45, 2.75) is 6.92 Å². The summed E-state index contributed by atoms with van der Waals surface area (Å²) >= 11 is 3.11. The molecule has 1 rings (SSSR count). The van der Waals surface area contributed by atoms with Crippen LogP contribution < -0.4 is 29.6 Å². The van der Waals surface area contributed by atoms with E-state index in [-0.39, 0.29) is 35.2 Å². The Morgan fingerprint density at radius 1 is 1.67 bits per heavy atom. The first kappa shape index (κ1) is 17.0. The molecule has 0 unspecified atom stereocenters. The second-order valence-electron chi connectivity index (χ2n) is 2.17. The molecular weight excluding hydrogens is 277 g/mol. The van der Waals surface area contributed by atoms with Gasteiger partial charge in [-0.1, -0.05) is 26.5 Å². The minimum Gasteiger partial charge on any atom is -0.481 e. The van der Waals surface area contributed by atoms with Gasteiger partial charge in [0.15, 0.2) is 5.69 Å². The second kappa shape index (κ2) is 8.84. The van der Waals surface area contributed by atoms with E-state index in [0.717, 1.165) is 6.92 Å². The van der Waals surface area contributed by atoms with Crippen LogP contribution in [0.3, 0.4) is 0 Å². The fourth-order valence-electron chi connectivity index (χ4n) is 0.532. The van der Waals surface area contributed by atoms with E-state index >= 15 is 0 Å². The number of halogens is 1. The van der Waals surface area contributed by atoms with Gasteiger partial charge < -0.3 is 5.11 Å². The number of nitrogens with zero attached hydrogens (tertiary/aromatic N) is 1. The van der Waals surface area contributed by atoms with Gasteiger partial charge >= 0.3 is 29.6 Å². The third-order valence-corrected chi connectivity index (χ3v) is 1.44. The molecule has 0 aliphatic carbocycles. The van der Waals surface area contributed by atoms with E-state index in [0.29, 0.717) is 4.47 Å². The van der Waals surface area contributed by atoms with Crippen LogP contribution in [0.15, 0.2) is 22.7 Å². The molecule has 1 N–H and O–H groups in total. The topological polar surface area (TPSA) is 80.4 Å². The van der Waals surface area contributed by atoms with Crippen molar-refractivity contribution in [3.8, 4) is 0 Å². The van der Waals surface area contributed by atoms with Crippen molar-refractivity contribution in [3.63, 3.8) is 0 Å². The first-order valence-electron chi connectivity index (χ1n) is 3.44. The van der Waals surface area contributed by atoms with Gasteiger partial charge in [0, 0.05) is 11.8 Å². The van der Waals surface area contributed by atoms with E-state index in [4.69, 9.17) is 9.90 Å². The van der Waals surface area contributed by atoms with Crippen LogP contribution in [0.2, 0.25) is 0 Å². The third-order valence-electron chi connectivity index (χ3n) is 0.945. The van der Waals surface area contributed by atoms with E-state index in [1.54, 1.807) is 6.07 Å². The van der Waals surface area contributed by atoms with E-state index < -0.39 is 10.9 Å². The van der Waals surface area contributed by atoms with Crippen LogP contribution in [0.4, 0.5) is 5.69 Å². The van der Waals surface area contributed by atoms with E-state index in [2.05, 4.69) is 22.0 Å². The monoisotopic (exact) mass is 283 g/mol. The zero-order chi connectivity index (χ0) is 11.1. The molecule has 15 heavy (non-hydrogen) atoms. The number of carboxylic acid groups (broad SMARTS) is 1. The zero-order valence-corrected chi connectivity index (χ0v) is 11.8. The van der Waals surface area contributed by atoms with Gasteiger partial charge in [0.2, 0.25) is 0 Å². The van der Waals surface area contributed by atoms with Gasteiger partial charge in [-0.2, -0.15) is 12.1 Å². The van der Waals surface area contributed by atoms with Gasteiger partial charge in [0.25, 0.3) is 5.97 Å². The Labute approximate surface area is 117 Å². The van der Waals surface area contributed by atoms with Crippen molar-refractivity contribution < 1.29 is 44.4 Å². The average molecular weight is 284 g/mol. The van der Waals surface area contributed by atoms with Crippen LogP contribution in [-0.4, -0.2) is 16.0 Å². The number of hydrogen-bond acceptors (Lipinski definition) is 3. The van der Waals surface area contributed by atoms with Gasteiger partial charge in [-0.15, -0.1) is 6.07 Å². The Hall–Kier alpha value is -0.430. The molecule has 76 valence electrons. The second-order valence-corrected chi connectivity index (χ2v) is 3.08. The standard InChI is InChI=1S/C6H3BrNO2.C2H4O2.Na/c7-5-2-1-3-6(4-5)8(9)10;1-2(3)4;/h1-2,4H;1H3,(H,3,4);/q-1;;+1. The van der Waals surface area contributed by atoms with E-state index in [1.165, 1.54) is 12.1 Å². The minimum absolute atomic E-state index is 0. The zero-order valence-electron chi connectivity index (χ0n) is 8.23. The van der Waals surface area contributed by atoms with Crippen molar-refractivity contribution >= 4 is 27.6 Å². The molecule has 0 amide bonds. The molecule has 0 fully saturated rings. The maximum absolute atomic E-state index is 10.1. The summed E-state index contributed by atoms with van der Waals surface area (Å²) in [4.78, 5) is 18.6. The molecule has 0 saturated carbocycles. The molecule has 0 saturated heterocycles. The summed E-state index contributed by atoms with van der Waals surface area (Å²) in [5.74, 6) is -0.833. The number of aliphatic carboxylic acids is 1. The molecule has 0 radical (unpaired) electrons. The maximum Gasteiger partial charge on any atom is 1.00 e. The van der Waals surface area contributed by atoms with Crippen molar-refractivity contribution in [2.75, 3.05) is 0 Å². The van der Waals surface area contributed by atoms with Gasteiger partial charge in [-0.25, -0.2) is 0 Å². The van der Waals surface area contributed by atoms with Crippen LogP contribution in [0.1, 0.15) is 6.92 Å². The third kappa shape index (κ3) is 9.86. The number of nitro groups is 1. The average Bonchev–Trinajstić information content (AvgIpc) is 2.03. The first-order valence-corrected chi connectivity index (χ1v) is 4.24. The number of rotatable bonds is 1. The molecule has 0 aliphatic heterocycles. The van der Waals surface area contributed by atoms with Crippen molar-refractivity contribution in [3.05, 3.63) is 38.9 Å². The number of carboxylic acids is 1. The molecular formula is C8H7BrNNaO4. The van der Waals surface area contributed by atoms with Crippen LogP contribution >= 0.6 is 15.9 Å². The number of nitro benzene ring substituents is 1. The summed E-state index contributed by atoms with van der Waals surface area (Å²) in [6.45, 7) is 1.08. The number of benzene rings is 1. The van der Waals surface area contributed by atoms with Gasteiger partial charge in [-0.05, 0) is 0 Å². The summed E-state index contributed by atoms with van der Waals surface area (Å²) in [6.07, 6.45) is 0. The molecule has 5 nitrogen and oxygen atoms in total. The Morgan fingerprint density at radius 2 is 2.13 bits per heavy atom. The first-order chi connectivity index (χ1) is 6.43. The summed E-state index contributed by atoms with van der Waals surface area (Å²) in [7, 11) is 0. The molecule has 0 aliphatic rings. The Morgan fingerprint density at radius 3 is 2.40 bits per heavy atom. The molecule has 1 aromatic carbocycles. The normalized spacial score (nSPS) is 7.87. The molecule has 1 aromatic rings. The van der Waals surface area contributed by atoms with Crippen LogP contribution in [-0.2, 0) is 4.79 Å². The molecule has 0 heterocycles. The number of non-ortho nitro benzene ring substituents is 1. The molecule has 7 heteroatoms. The van der Waals surface area contributed by atoms with E-state index in [1.807, 2.05) is 0 Å².